The Morgan fingerprint density at radius 2 is 1.25 bits per heavy atom. The Kier molecular flexibility index (Phi) is 4.38. The van der Waals surface area contributed by atoms with Crippen molar-refractivity contribution in [2.24, 2.45) is 0 Å². The van der Waals surface area contributed by atoms with Gasteiger partial charge in [-0.05, 0) is 12.1 Å². The van der Waals surface area contributed by atoms with Crippen molar-refractivity contribution in [1.29, 1.82) is 0 Å². The summed E-state index contributed by atoms with van der Waals surface area (Å²) < 4.78 is 0. The van der Waals surface area contributed by atoms with E-state index in [-0.39, 0.29) is 0 Å². The number of hydrogen-bond donors (Lipinski definition) is 0. The summed E-state index contributed by atoms with van der Waals surface area (Å²) in [5, 5.41) is 1.57. The van der Waals surface area contributed by atoms with Crippen LogP contribution in [-0.4, -0.2) is 46.8 Å². The van der Waals surface area contributed by atoms with E-state index in [0.29, 0.717) is 0 Å². The lowest BCUT2D eigenvalue weighted by molar-refractivity contribution is 0.339. The molecule has 0 saturated heterocycles. The molecule has 0 radical (unpaired) electrons. The van der Waals surface area contributed by atoms with Gasteiger partial charge >= 0.3 is 0 Å². The van der Waals surface area contributed by atoms with Crippen LogP contribution in [0, 0.1) is 0 Å². The lowest BCUT2D eigenvalue weighted by Gasteiger charge is -2.28. The molecule has 0 rings (SSSR count). The molecule has 0 aromatic rings. The fourth-order valence-electron chi connectivity index (χ4n) is 1.36. The fraction of sp³-hybridized carbons (Fsp3) is 0.778. The average molecular weight is 186 g/mol. The zero-order chi connectivity index (χ0) is 9.89. The molecular formula is C9H22N2Si. The van der Waals surface area contributed by atoms with Crippen molar-refractivity contribution in [1.82, 2.24) is 9.80 Å². The minimum atomic E-state index is -0.638. The van der Waals surface area contributed by atoms with Gasteiger partial charge in [0.05, 0.1) is 14.6 Å². The monoisotopic (exact) mass is 186 g/mol. The lowest BCUT2D eigenvalue weighted by Crippen LogP contribution is -2.28. The SMILES string of the molecule is CC(=C(N(C)C)N(C)C)[SiH](C)C. The van der Waals surface area contributed by atoms with Gasteiger partial charge in [-0.3, -0.25) is 0 Å². The largest absolute Gasteiger partial charge is 0.365 e. The molecule has 0 atom stereocenters. The van der Waals surface area contributed by atoms with Crippen LogP contribution < -0.4 is 0 Å². The van der Waals surface area contributed by atoms with Crippen LogP contribution in [0.3, 0.4) is 0 Å². The van der Waals surface area contributed by atoms with Crippen molar-refractivity contribution in [3.63, 3.8) is 0 Å². The zero-order valence-corrected chi connectivity index (χ0v) is 10.6. The third kappa shape index (κ3) is 2.89. The molecular weight excluding hydrogens is 164 g/mol. The average Bonchev–Trinajstić information content (AvgIpc) is 1.85. The third-order valence-electron chi connectivity index (χ3n) is 2.07. The van der Waals surface area contributed by atoms with Gasteiger partial charge in [-0.25, -0.2) is 0 Å². The summed E-state index contributed by atoms with van der Waals surface area (Å²) in [7, 11) is 7.79. The van der Waals surface area contributed by atoms with E-state index >= 15 is 0 Å². The highest BCUT2D eigenvalue weighted by Gasteiger charge is 2.10. The smallest absolute Gasteiger partial charge is 0.0974 e. The van der Waals surface area contributed by atoms with Crippen molar-refractivity contribution < 1.29 is 0 Å². The second kappa shape index (κ2) is 4.55. The zero-order valence-electron chi connectivity index (χ0n) is 9.47. The molecule has 72 valence electrons. The molecule has 0 aliphatic carbocycles. The summed E-state index contributed by atoms with van der Waals surface area (Å²) in [6.45, 7) is 6.98. The second-order valence-corrected chi connectivity index (χ2v) is 7.13. The molecule has 0 aliphatic heterocycles. The van der Waals surface area contributed by atoms with Crippen LogP contribution in [0.25, 0.3) is 0 Å². The van der Waals surface area contributed by atoms with Gasteiger partial charge in [-0.1, -0.05) is 13.1 Å². The Bertz CT molecular complexity index is 161. The summed E-state index contributed by atoms with van der Waals surface area (Å²) in [5.41, 5.74) is 0. The third-order valence-corrected chi connectivity index (χ3v) is 4.06. The van der Waals surface area contributed by atoms with Gasteiger partial charge in [0.2, 0.25) is 0 Å². The van der Waals surface area contributed by atoms with E-state index in [1.807, 2.05) is 0 Å². The van der Waals surface area contributed by atoms with Gasteiger partial charge < -0.3 is 9.80 Å². The minimum Gasteiger partial charge on any atom is -0.365 e. The van der Waals surface area contributed by atoms with Gasteiger partial charge in [-0.15, -0.1) is 0 Å². The summed E-state index contributed by atoms with van der Waals surface area (Å²) in [4.78, 5) is 4.39. The molecule has 0 unspecified atom stereocenters. The molecule has 0 spiro atoms. The number of hydrogen-bond acceptors (Lipinski definition) is 2. The predicted octanol–water partition coefficient (Wildman–Crippen LogP) is 1.37. The molecule has 0 saturated carbocycles. The number of rotatable bonds is 3. The van der Waals surface area contributed by atoms with E-state index in [4.69, 9.17) is 0 Å². The van der Waals surface area contributed by atoms with Gasteiger partial charge in [0, 0.05) is 28.2 Å². The van der Waals surface area contributed by atoms with E-state index in [1.165, 1.54) is 5.82 Å². The highest BCUT2D eigenvalue weighted by molar-refractivity contribution is 6.63. The molecule has 0 bridgehead atoms. The topological polar surface area (TPSA) is 6.48 Å². The van der Waals surface area contributed by atoms with Crippen molar-refractivity contribution in [3.05, 3.63) is 11.0 Å². The normalized spacial score (nSPS) is 10.0. The van der Waals surface area contributed by atoms with Crippen molar-refractivity contribution >= 4 is 8.80 Å². The Morgan fingerprint density at radius 3 is 1.33 bits per heavy atom. The highest BCUT2D eigenvalue weighted by Crippen LogP contribution is 2.11. The maximum atomic E-state index is 2.36. The first-order valence-corrected chi connectivity index (χ1v) is 7.32. The molecule has 0 aliphatic rings. The molecule has 0 fully saturated rings. The molecule has 0 N–H and O–H groups in total. The Morgan fingerprint density at radius 1 is 0.917 bits per heavy atom. The van der Waals surface area contributed by atoms with E-state index in [9.17, 15) is 0 Å². The van der Waals surface area contributed by atoms with E-state index < -0.39 is 8.80 Å². The van der Waals surface area contributed by atoms with Gasteiger partial charge in [0.1, 0.15) is 0 Å². The van der Waals surface area contributed by atoms with Crippen LogP contribution in [0.2, 0.25) is 13.1 Å². The molecule has 12 heavy (non-hydrogen) atoms. The second-order valence-electron chi connectivity index (χ2n) is 3.95. The van der Waals surface area contributed by atoms with Crippen LogP contribution in [0.4, 0.5) is 0 Å². The van der Waals surface area contributed by atoms with E-state index in [0.717, 1.165) is 0 Å². The summed E-state index contributed by atoms with van der Waals surface area (Å²) >= 11 is 0. The molecule has 0 amide bonds. The summed E-state index contributed by atoms with van der Waals surface area (Å²) in [6.07, 6.45) is 0. The molecule has 0 heterocycles. The summed E-state index contributed by atoms with van der Waals surface area (Å²) in [6, 6.07) is 0. The van der Waals surface area contributed by atoms with Crippen LogP contribution in [-0.2, 0) is 0 Å². The number of allylic oxidation sites excluding steroid dienone is 1. The summed E-state index contributed by atoms with van der Waals surface area (Å²) in [5.74, 6) is 1.37. The maximum absolute atomic E-state index is 2.36. The van der Waals surface area contributed by atoms with Crippen LogP contribution in [0.15, 0.2) is 11.0 Å². The Labute approximate surface area is 78.5 Å². The first-order chi connectivity index (χ1) is 5.37. The van der Waals surface area contributed by atoms with Crippen LogP contribution in [0.5, 0.6) is 0 Å². The molecule has 0 aromatic heterocycles. The first kappa shape index (κ1) is 11.6. The quantitative estimate of drug-likeness (QED) is 0.614. The minimum absolute atomic E-state index is 0.638. The first-order valence-electron chi connectivity index (χ1n) is 4.43. The van der Waals surface area contributed by atoms with Crippen LogP contribution in [0.1, 0.15) is 6.92 Å². The van der Waals surface area contributed by atoms with Crippen molar-refractivity contribution in [2.45, 2.75) is 20.0 Å². The lowest BCUT2D eigenvalue weighted by atomic mass is 10.5. The maximum Gasteiger partial charge on any atom is 0.0974 e. The number of nitrogens with zero attached hydrogens (tertiary/aromatic N) is 2. The fourth-order valence-corrected chi connectivity index (χ4v) is 2.40. The van der Waals surface area contributed by atoms with Crippen LogP contribution >= 0.6 is 0 Å². The van der Waals surface area contributed by atoms with Crippen molar-refractivity contribution in [2.75, 3.05) is 28.2 Å². The standard InChI is InChI=1S/C9H22N2Si/c1-8(12(6)7)9(10(2)3)11(4)5/h12H,1-7H3. The van der Waals surface area contributed by atoms with Gasteiger partial charge in [0.15, 0.2) is 0 Å². The van der Waals surface area contributed by atoms with Crippen molar-refractivity contribution in [3.8, 4) is 0 Å². The van der Waals surface area contributed by atoms with E-state index in [2.05, 4.69) is 58.0 Å². The van der Waals surface area contributed by atoms with E-state index in [1.54, 1.807) is 5.20 Å². The predicted molar refractivity (Wildman–Crippen MR) is 59.0 cm³/mol. The molecule has 3 heteroatoms. The Balaban J connectivity index is 4.81. The van der Waals surface area contributed by atoms with Gasteiger partial charge in [-0.2, -0.15) is 0 Å². The van der Waals surface area contributed by atoms with Gasteiger partial charge in [0.25, 0.3) is 0 Å². The molecule has 2 nitrogen and oxygen atoms in total. The molecule has 0 aromatic carbocycles. The highest BCUT2D eigenvalue weighted by atomic mass is 28.3. The Hall–Kier alpha value is -0.443.